The average molecular weight is 442 g/mol. The summed E-state index contributed by atoms with van der Waals surface area (Å²) in [6.45, 7) is 0.406. The Balaban J connectivity index is 1.45. The van der Waals surface area contributed by atoms with E-state index in [-0.39, 0.29) is 24.5 Å². The number of nitrogens with zero attached hydrogens (tertiary/aromatic N) is 3. The molecule has 0 spiro atoms. The van der Waals surface area contributed by atoms with Crippen molar-refractivity contribution in [1.29, 1.82) is 0 Å². The second kappa shape index (κ2) is 9.67. The third-order valence-corrected chi connectivity index (χ3v) is 6.27. The van der Waals surface area contributed by atoms with Crippen molar-refractivity contribution in [2.45, 2.75) is 44.8 Å². The Morgan fingerprint density at radius 2 is 1.81 bits per heavy atom. The van der Waals surface area contributed by atoms with Gasteiger partial charge >= 0.3 is 0 Å². The van der Waals surface area contributed by atoms with Gasteiger partial charge in [-0.05, 0) is 36.6 Å². The van der Waals surface area contributed by atoms with Gasteiger partial charge in [0.15, 0.2) is 6.10 Å². The largest absolute Gasteiger partial charge is 0.390 e. The van der Waals surface area contributed by atoms with Crippen LogP contribution in [0.15, 0.2) is 47.6 Å². The van der Waals surface area contributed by atoms with Gasteiger partial charge in [0, 0.05) is 50.3 Å². The maximum atomic E-state index is 14.3. The molecule has 170 valence electrons. The summed E-state index contributed by atoms with van der Waals surface area (Å²) in [6.07, 6.45) is 4.05. The minimum absolute atomic E-state index is 0.0126. The summed E-state index contributed by atoms with van der Waals surface area (Å²) in [7, 11) is 3.97. The first-order valence-electron chi connectivity index (χ1n) is 11.1. The summed E-state index contributed by atoms with van der Waals surface area (Å²) >= 11 is 0. The fourth-order valence-electron chi connectivity index (χ4n) is 4.41. The molecule has 1 aliphatic heterocycles. The monoisotopic (exact) mass is 441 g/mol. The minimum Gasteiger partial charge on any atom is -0.390 e. The van der Waals surface area contributed by atoms with Gasteiger partial charge in [0.05, 0.1) is 12.3 Å². The fourth-order valence-corrected chi connectivity index (χ4v) is 4.41. The Morgan fingerprint density at radius 3 is 2.47 bits per heavy atom. The lowest BCUT2D eigenvalue weighted by atomic mass is 10.0. The highest BCUT2D eigenvalue weighted by molar-refractivity contribution is 6.01. The van der Waals surface area contributed by atoms with E-state index in [4.69, 9.17) is 4.84 Å². The third kappa shape index (κ3) is 5.09. The molecule has 0 bridgehead atoms. The second-order valence-corrected chi connectivity index (χ2v) is 8.85. The van der Waals surface area contributed by atoms with E-state index in [1.165, 1.54) is 12.1 Å². The molecular formula is C25H29F2N3O2. The smallest absolute Gasteiger partial charge is 0.226 e. The van der Waals surface area contributed by atoms with Crippen LogP contribution < -0.4 is 4.90 Å². The lowest BCUT2D eigenvalue weighted by Crippen LogP contribution is -2.40. The molecule has 1 unspecified atom stereocenters. The number of carbonyl (C=O) groups excluding carboxylic acids is 1. The van der Waals surface area contributed by atoms with Crippen LogP contribution >= 0.6 is 0 Å². The van der Waals surface area contributed by atoms with Gasteiger partial charge in [0.2, 0.25) is 5.91 Å². The lowest BCUT2D eigenvalue weighted by Gasteiger charge is -2.27. The van der Waals surface area contributed by atoms with Crippen molar-refractivity contribution >= 4 is 17.3 Å². The van der Waals surface area contributed by atoms with E-state index >= 15 is 0 Å². The quantitative estimate of drug-likeness (QED) is 0.623. The van der Waals surface area contributed by atoms with Gasteiger partial charge in [-0.25, -0.2) is 8.78 Å². The molecule has 1 amide bonds. The third-order valence-electron chi connectivity index (χ3n) is 6.27. The molecule has 0 N–H and O–H groups in total. The van der Waals surface area contributed by atoms with Crippen molar-refractivity contribution in [1.82, 2.24) is 4.90 Å². The van der Waals surface area contributed by atoms with Crippen molar-refractivity contribution in [2.75, 3.05) is 25.5 Å². The van der Waals surface area contributed by atoms with Crippen molar-refractivity contribution in [3.05, 3.63) is 65.2 Å². The van der Waals surface area contributed by atoms with Crippen LogP contribution in [0, 0.1) is 17.6 Å². The van der Waals surface area contributed by atoms with E-state index in [0.717, 1.165) is 48.7 Å². The van der Waals surface area contributed by atoms with Gasteiger partial charge < -0.3 is 14.6 Å². The van der Waals surface area contributed by atoms with Crippen molar-refractivity contribution in [3.8, 4) is 0 Å². The molecule has 0 radical (unpaired) electrons. The van der Waals surface area contributed by atoms with Gasteiger partial charge in [-0.1, -0.05) is 36.2 Å². The Morgan fingerprint density at radius 1 is 1.09 bits per heavy atom. The van der Waals surface area contributed by atoms with E-state index in [2.05, 4.69) is 5.16 Å². The van der Waals surface area contributed by atoms with E-state index < -0.39 is 11.6 Å². The van der Waals surface area contributed by atoms with Gasteiger partial charge in [-0.15, -0.1) is 0 Å². The van der Waals surface area contributed by atoms with Crippen LogP contribution in [0.4, 0.5) is 14.5 Å². The highest BCUT2D eigenvalue weighted by Crippen LogP contribution is 2.28. The first kappa shape index (κ1) is 22.2. The fraction of sp³-hybridized carbons (Fsp3) is 0.440. The number of carbonyl (C=O) groups is 1. The average Bonchev–Trinajstić information content (AvgIpc) is 3.47. The Hall–Kier alpha value is -2.96. The first-order chi connectivity index (χ1) is 15.4. The molecule has 2 aromatic carbocycles. The van der Waals surface area contributed by atoms with Crippen LogP contribution in [-0.4, -0.2) is 43.3 Å². The summed E-state index contributed by atoms with van der Waals surface area (Å²) in [6, 6.07) is 11.6. The van der Waals surface area contributed by atoms with Crippen LogP contribution in [0.2, 0.25) is 0 Å². The molecule has 1 atom stereocenters. The van der Waals surface area contributed by atoms with Crippen molar-refractivity contribution < 1.29 is 18.4 Å². The number of hydrogen-bond donors (Lipinski definition) is 0. The van der Waals surface area contributed by atoms with E-state index in [9.17, 15) is 13.6 Å². The maximum Gasteiger partial charge on any atom is 0.226 e. The molecule has 32 heavy (non-hydrogen) atoms. The Bertz CT molecular complexity index is 985. The Labute approximate surface area is 187 Å². The van der Waals surface area contributed by atoms with Crippen LogP contribution in [0.1, 0.15) is 43.2 Å². The molecule has 5 nitrogen and oxygen atoms in total. The Kier molecular flexibility index (Phi) is 6.72. The molecule has 0 aromatic heterocycles. The van der Waals surface area contributed by atoms with E-state index in [1.807, 2.05) is 43.3 Å². The topological polar surface area (TPSA) is 45.1 Å². The van der Waals surface area contributed by atoms with Gasteiger partial charge in [0.25, 0.3) is 0 Å². The summed E-state index contributed by atoms with van der Waals surface area (Å²) < 4.78 is 27.6. The normalized spacial score (nSPS) is 18.4. The van der Waals surface area contributed by atoms with Gasteiger partial charge in [0.1, 0.15) is 11.6 Å². The van der Waals surface area contributed by atoms with Crippen molar-refractivity contribution in [2.24, 2.45) is 11.1 Å². The molecule has 1 saturated carbocycles. The number of oxime groups is 1. The molecule has 2 aromatic rings. The molecule has 0 saturated heterocycles. The minimum atomic E-state index is -0.639. The number of amides is 1. The lowest BCUT2D eigenvalue weighted by molar-refractivity contribution is -0.137. The van der Waals surface area contributed by atoms with Crippen LogP contribution in [0.25, 0.3) is 0 Å². The number of benzene rings is 2. The summed E-state index contributed by atoms with van der Waals surface area (Å²) in [5, 5.41) is 4.25. The SMILES string of the molecule is CN(C)c1ccc(C2=NOC(CN(Cc3ccc(F)cc3F)C(=O)C3CCCC3)C2)cc1. The zero-order chi connectivity index (χ0) is 22.7. The highest BCUT2D eigenvalue weighted by Gasteiger charge is 2.32. The number of hydrogen-bond acceptors (Lipinski definition) is 4. The predicted molar refractivity (Wildman–Crippen MR) is 121 cm³/mol. The first-order valence-corrected chi connectivity index (χ1v) is 11.1. The summed E-state index contributed by atoms with van der Waals surface area (Å²) in [5.74, 6) is -1.30. The molecule has 4 rings (SSSR count). The molecule has 2 aliphatic rings. The highest BCUT2D eigenvalue weighted by atomic mass is 19.1. The standard InChI is InChI=1S/C25H29F2N3O2/c1-29(2)21-11-8-17(9-12-21)24-14-22(32-28-24)16-30(25(31)18-5-3-4-6-18)15-19-7-10-20(26)13-23(19)27/h7-13,18,22H,3-6,14-16H2,1-2H3. The number of rotatable bonds is 7. The van der Waals surface area contributed by atoms with E-state index in [0.29, 0.717) is 18.5 Å². The van der Waals surface area contributed by atoms with E-state index in [1.54, 1.807) is 4.90 Å². The molecule has 1 aliphatic carbocycles. The molecule has 1 heterocycles. The maximum absolute atomic E-state index is 14.3. The zero-order valence-electron chi connectivity index (χ0n) is 18.6. The number of anilines is 1. The number of halogens is 2. The van der Waals surface area contributed by atoms with Gasteiger partial charge in [-0.3, -0.25) is 4.79 Å². The van der Waals surface area contributed by atoms with Crippen LogP contribution in [0.5, 0.6) is 0 Å². The van der Waals surface area contributed by atoms with Gasteiger partial charge in [-0.2, -0.15) is 0 Å². The van der Waals surface area contributed by atoms with Crippen LogP contribution in [0.3, 0.4) is 0 Å². The summed E-state index contributed by atoms with van der Waals surface area (Å²) in [4.78, 5) is 22.5. The summed E-state index contributed by atoms with van der Waals surface area (Å²) in [5.41, 5.74) is 3.22. The molecular weight excluding hydrogens is 412 g/mol. The molecule has 7 heteroatoms. The van der Waals surface area contributed by atoms with Crippen LogP contribution in [-0.2, 0) is 16.2 Å². The molecule has 1 fully saturated rings. The predicted octanol–water partition coefficient (Wildman–Crippen LogP) is 4.74. The zero-order valence-corrected chi connectivity index (χ0v) is 18.6. The second-order valence-electron chi connectivity index (χ2n) is 8.85. The van der Waals surface area contributed by atoms with Crippen molar-refractivity contribution in [3.63, 3.8) is 0 Å².